The van der Waals surface area contributed by atoms with E-state index in [1.807, 2.05) is 36.4 Å². The first-order chi connectivity index (χ1) is 24.8. The van der Waals surface area contributed by atoms with Crippen molar-refractivity contribution < 1.29 is 4.42 Å². The summed E-state index contributed by atoms with van der Waals surface area (Å²) < 4.78 is 9.02. The van der Waals surface area contributed by atoms with Gasteiger partial charge in [0.25, 0.3) is 0 Å². The minimum Gasteiger partial charge on any atom is -0.455 e. The van der Waals surface area contributed by atoms with Crippen LogP contribution < -0.4 is 0 Å². The molecule has 0 bridgehead atoms. The lowest BCUT2D eigenvalue weighted by Gasteiger charge is -2.09. The van der Waals surface area contributed by atoms with E-state index in [1.165, 1.54) is 16.3 Å². The molecule has 4 nitrogen and oxygen atoms in total. The molecule has 0 amide bonds. The first-order valence-corrected chi connectivity index (χ1v) is 16.8. The molecule has 0 fully saturated rings. The topological polar surface area (TPSA) is 43.9 Å². The maximum atomic E-state index is 6.66. The molecule has 234 valence electrons. The molecule has 0 aliphatic carbocycles. The third kappa shape index (κ3) is 4.61. The van der Waals surface area contributed by atoms with Crippen molar-refractivity contribution in [1.29, 1.82) is 0 Å². The molecule has 4 heteroatoms. The maximum Gasteiger partial charge on any atom is 0.160 e. The Kier molecular flexibility index (Phi) is 6.46. The highest BCUT2D eigenvalue weighted by Crippen LogP contribution is 2.40. The van der Waals surface area contributed by atoms with Crippen LogP contribution in [-0.4, -0.2) is 14.5 Å². The minimum atomic E-state index is 0.699. The predicted octanol–water partition coefficient (Wildman–Crippen LogP) is 12.1. The van der Waals surface area contributed by atoms with Gasteiger partial charge in [-0.25, -0.2) is 9.97 Å². The highest BCUT2D eigenvalue weighted by Gasteiger charge is 2.18. The Labute approximate surface area is 288 Å². The molecule has 0 N–H and O–H groups in total. The van der Waals surface area contributed by atoms with Crippen LogP contribution in [0.25, 0.3) is 94.5 Å². The third-order valence-electron chi connectivity index (χ3n) is 9.62. The number of hydrogen-bond donors (Lipinski definition) is 0. The molecule has 0 unspecified atom stereocenters. The molecule has 0 radical (unpaired) electrons. The first kappa shape index (κ1) is 28.3. The number of para-hydroxylation sites is 3. The lowest BCUT2D eigenvalue weighted by molar-refractivity contribution is 0.670. The van der Waals surface area contributed by atoms with E-state index in [4.69, 9.17) is 14.4 Å². The van der Waals surface area contributed by atoms with Crippen molar-refractivity contribution in [2.45, 2.75) is 0 Å². The largest absolute Gasteiger partial charge is 0.455 e. The van der Waals surface area contributed by atoms with Crippen molar-refractivity contribution in [2.75, 3.05) is 0 Å². The number of aromatic nitrogens is 3. The molecule has 3 heterocycles. The van der Waals surface area contributed by atoms with Crippen molar-refractivity contribution in [2.24, 2.45) is 0 Å². The standard InChI is InChI=1S/C46H29N3O/c1-4-13-30(14-5-1)40-29-41(48-46(47-40)31-15-6-2-7-16-31)33-24-26-44-39(27-33)38-21-12-20-35(45(38)50-44)32-23-25-37-36-19-10-11-22-42(36)49(43(37)28-32)34-17-8-3-9-18-34/h1-29H. The van der Waals surface area contributed by atoms with Crippen LogP contribution in [0.3, 0.4) is 0 Å². The van der Waals surface area contributed by atoms with E-state index >= 15 is 0 Å². The van der Waals surface area contributed by atoms with Crippen LogP contribution in [0.15, 0.2) is 180 Å². The summed E-state index contributed by atoms with van der Waals surface area (Å²) in [4.78, 5) is 10.0. The lowest BCUT2D eigenvalue weighted by Crippen LogP contribution is -1.95. The summed E-state index contributed by atoms with van der Waals surface area (Å²) in [5.41, 5.74) is 12.2. The molecule has 0 saturated heterocycles. The smallest absolute Gasteiger partial charge is 0.160 e. The van der Waals surface area contributed by atoms with E-state index in [9.17, 15) is 0 Å². The van der Waals surface area contributed by atoms with Crippen LogP contribution in [-0.2, 0) is 0 Å². The summed E-state index contributed by atoms with van der Waals surface area (Å²) in [6.45, 7) is 0. The average molecular weight is 640 g/mol. The summed E-state index contributed by atoms with van der Waals surface area (Å²) in [7, 11) is 0. The van der Waals surface area contributed by atoms with Crippen LogP contribution in [0.5, 0.6) is 0 Å². The number of fused-ring (bicyclic) bond motifs is 6. The van der Waals surface area contributed by atoms with Crippen molar-refractivity contribution in [1.82, 2.24) is 14.5 Å². The van der Waals surface area contributed by atoms with Crippen LogP contribution in [0, 0.1) is 0 Å². The van der Waals surface area contributed by atoms with Gasteiger partial charge in [0.1, 0.15) is 11.2 Å². The molecule has 50 heavy (non-hydrogen) atoms. The van der Waals surface area contributed by atoms with E-state index in [-0.39, 0.29) is 0 Å². The highest BCUT2D eigenvalue weighted by molar-refractivity contribution is 6.13. The fourth-order valence-corrected chi connectivity index (χ4v) is 7.25. The molecule has 7 aromatic carbocycles. The summed E-state index contributed by atoms with van der Waals surface area (Å²) in [6, 6.07) is 61.3. The second-order valence-corrected chi connectivity index (χ2v) is 12.6. The fourth-order valence-electron chi connectivity index (χ4n) is 7.25. The molecule has 0 atom stereocenters. The van der Waals surface area contributed by atoms with Gasteiger partial charge in [-0.2, -0.15) is 0 Å². The van der Waals surface area contributed by atoms with Crippen LogP contribution in [0.4, 0.5) is 0 Å². The van der Waals surface area contributed by atoms with Gasteiger partial charge < -0.3 is 8.98 Å². The minimum absolute atomic E-state index is 0.699. The molecular formula is C46H29N3O. The highest BCUT2D eigenvalue weighted by atomic mass is 16.3. The Hall–Kier alpha value is -6.78. The zero-order valence-electron chi connectivity index (χ0n) is 27.0. The summed E-state index contributed by atoms with van der Waals surface area (Å²) in [6.07, 6.45) is 0. The van der Waals surface area contributed by atoms with Gasteiger partial charge in [-0.3, -0.25) is 0 Å². The Morgan fingerprint density at radius 3 is 1.84 bits per heavy atom. The van der Waals surface area contributed by atoms with Crippen molar-refractivity contribution in [3.63, 3.8) is 0 Å². The summed E-state index contributed by atoms with van der Waals surface area (Å²) in [5.74, 6) is 0.699. The average Bonchev–Trinajstić information content (AvgIpc) is 3.74. The number of benzene rings is 7. The zero-order chi connectivity index (χ0) is 33.0. The third-order valence-corrected chi connectivity index (χ3v) is 9.62. The molecule has 0 aliphatic rings. The van der Waals surface area contributed by atoms with Gasteiger partial charge >= 0.3 is 0 Å². The molecule has 0 spiro atoms. The van der Waals surface area contributed by atoms with Gasteiger partial charge in [-0.05, 0) is 54.1 Å². The zero-order valence-corrected chi connectivity index (χ0v) is 27.0. The Morgan fingerprint density at radius 1 is 0.400 bits per heavy atom. The fraction of sp³-hybridized carbons (Fsp3) is 0. The molecular weight excluding hydrogens is 611 g/mol. The molecule has 0 aliphatic heterocycles. The van der Waals surface area contributed by atoms with Gasteiger partial charge in [-0.15, -0.1) is 0 Å². The van der Waals surface area contributed by atoms with E-state index in [0.717, 1.165) is 72.3 Å². The molecule has 10 aromatic rings. The van der Waals surface area contributed by atoms with Gasteiger partial charge in [0.15, 0.2) is 5.82 Å². The van der Waals surface area contributed by atoms with Gasteiger partial charge in [-0.1, -0.05) is 127 Å². The predicted molar refractivity (Wildman–Crippen MR) is 205 cm³/mol. The monoisotopic (exact) mass is 639 g/mol. The molecule has 10 rings (SSSR count). The maximum absolute atomic E-state index is 6.66. The van der Waals surface area contributed by atoms with E-state index < -0.39 is 0 Å². The van der Waals surface area contributed by atoms with Crippen molar-refractivity contribution in [3.05, 3.63) is 176 Å². The van der Waals surface area contributed by atoms with Gasteiger partial charge in [0, 0.05) is 49.5 Å². The van der Waals surface area contributed by atoms with E-state index in [2.05, 4.69) is 144 Å². The van der Waals surface area contributed by atoms with E-state index in [0.29, 0.717) is 5.82 Å². The van der Waals surface area contributed by atoms with Gasteiger partial charge in [0.2, 0.25) is 0 Å². The van der Waals surface area contributed by atoms with Gasteiger partial charge in [0.05, 0.1) is 22.4 Å². The number of rotatable bonds is 5. The Bertz CT molecular complexity index is 2800. The number of hydrogen-bond acceptors (Lipinski definition) is 3. The lowest BCUT2D eigenvalue weighted by atomic mass is 10.00. The number of nitrogens with zero attached hydrogens (tertiary/aromatic N) is 3. The van der Waals surface area contributed by atoms with Crippen LogP contribution in [0.2, 0.25) is 0 Å². The van der Waals surface area contributed by atoms with Crippen molar-refractivity contribution >= 4 is 43.7 Å². The second-order valence-electron chi connectivity index (χ2n) is 12.6. The summed E-state index contributed by atoms with van der Waals surface area (Å²) in [5, 5.41) is 4.59. The first-order valence-electron chi connectivity index (χ1n) is 16.8. The van der Waals surface area contributed by atoms with Crippen LogP contribution in [0.1, 0.15) is 0 Å². The van der Waals surface area contributed by atoms with E-state index in [1.54, 1.807) is 0 Å². The summed E-state index contributed by atoms with van der Waals surface area (Å²) >= 11 is 0. The molecule has 0 saturated carbocycles. The SMILES string of the molecule is c1ccc(-c2cc(-c3ccc4oc5c(-c6ccc7c8ccccc8n(-c8ccccc8)c7c6)cccc5c4c3)nc(-c3ccccc3)n2)cc1. The Morgan fingerprint density at radius 2 is 1.04 bits per heavy atom. The molecule has 3 aromatic heterocycles. The van der Waals surface area contributed by atoms with Crippen molar-refractivity contribution in [3.8, 4) is 50.7 Å². The quantitative estimate of drug-likeness (QED) is 0.188. The normalized spacial score (nSPS) is 11.6. The Balaban J connectivity index is 1.14. The second kappa shape index (κ2) is 11.4. The van der Waals surface area contributed by atoms with Crippen LogP contribution >= 0.6 is 0 Å². The number of furan rings is 1.